The van der Waals surface area contributed by atoms with Crippen LogP contribution in [-0.4, -0.2) is 54.9 Å². The van der Waals surface area contributed by atoms with Crippen molar-refractivity contribution < 1.29 is 24.6 Å². The second-order valence-electron chi connectivity index (χ2n) is 11.0. The summed E-state index contributed by atoms with van der Waals surface area (Å²) in [6.07, 6.45) is 0.498. The number of nitrogens with one attached hydrogen (secondary N) is 2. The van der Waals surface area contributed by atoms with Crippen molar-refractivity contribution in [3.05, 3.63) is 94.3 Å². The third-order valence-corrected chi connectivity index (χ3v) is 7.96. The van der Waals surface area contributed by atoms with E-state index in [1.807, 2.05) is 62.4 Å². The van der Waals surface area contributed by atoms with Crippen molar-refractivity contribution in [1.82, 2.24) is 20.2 Å². The maximum atomic E-state index is 13.9. The summed E-state index contributed by atoms with van der Waals surface area (Å²) in [6, 6.07) is 15.9. The Morgan fingerprint density at radius 3 is 2.43 bits per heavy atom. The number of aromatic hydroxyl groups is 1. The molecular formula is C32H35N5O5. The molecule has 0 saturated heterocycles. The summed E-state index contributed by atoms with van der Waals surface area (Å²) in [5.41, 5.74) is 12.4. The molecule has 2 amide bonds. The zero-order valence-electron chi connectivity index (χ0n) is 23.6. The van der Waals surface area contributed by atoms with Crippen LogP contribution in [0, 0.1) is 13.8 Å². The van der Waals surface area contributed by atoms with Crippen LogP contribution < -0.4 is 11.1 Å². The molecule has 218 valence electrons. The number of hydrogen-bond acceptors (Lipinski definition) is 6. The summed E-state index contributed by atoms with van der Waals surface area (Å²) in [5, 5.41) is 22.3. The molecule has 0 bridgehead atoms. The standard InChI is InChI=1S/C32H35N5O5/c1-18-13-22(38)14-19(2)23(18)16-24(33)32(42)37-17-21-8-4-3-7-20(21)15-28(37)31(41)36-27(11-12-29(39)40)30-34-25-9-5-6-10-26(25)35-30/h3-10,13-14,24,27-28,38H,11-12,15-17,33H2,1-2H3,(H,34,35)(H,36,41)(H,39,40)/t24-,27-,28-/m0/s1. The van der Waals surface area contributed by atoms with E-state index in [1.165, 1.54) is 4.90 Å². The molecule has 10 nitrogen and oxygen atoms in total. The van der Waals surface area contributed by atoms with Gasteiger partial charge < -0.3 is 31.1 Å². The fourth-order valence-corrected chi connectivity index (χ4v) is 5.75. The van der Waals surface area contributed by atoms with Crippen molar-refractivity contribution in [1.29, 1.82) is 0 Å². The molecule has 0 spiro atoms. The third-order valence-electron chi connectivity index (χ3n) is 7.96. The van der Waals surface area contributed by atoms with Gasteiger partial charge in [0.1, 0.15) is 17.6 Å². The van der Waals surface area contributed by atoms with Crippen LogP contribution in [0.15, 0.2) is 60.7 Å². The van der Waals surface area contributed by atoms with Gasteiger partial charge in [0.2, 0.25) is 11.8 Å². The number of carbonyl (C=O) groups excluding carboxylic acids is 2. The Kier molecular flexibility index (Phi) is 8.26. The predicted molar refractivity (Wildman–Crippen MR) is 158 cm³/mol. The van der Waals surface area contributed by atoms with Gasteiger partial charge in [-0.3, -0.25) is 14.4 Å². The molecule has 1 aliphatic heterocycles. The van der Waals surface area contributed by atoms with Gasteiger partial charge in [-0.05, 0) is 78.8 Å². The van der Waals surface area contributed by atoms with Crippen LogP contribution >= 0.6 is 0 Å². The number of nitrogens with two attached hydrogens (primary N) is 1. The highest BCUT2D eigenvalue weighted by molar-refractivity contribution is 5.91. The number of imidazole rings is 1. The lowest BCUT2D eigenvalue weighted by Crippen LogP contribution is -2.57. The molecule has 3 aromatic carbocycles. The van der Waals surface area contributed by atoms with Gasteiger partial charge in [0, 0.05) is 19.4 Å². The number of carbonyl (C=O) groups is 3. The molecule has 0 saturated carbocycles. The summed E-state index contributed by atoms with van der Waals surface area (Å²) < 4.78 is 0. The van der Waals surface area contributed by atoms with E-state index < -0.39 is 30.0 Å². The van der Waals surface area contributed by atoms with Gasteiger partial charge in [0.05, 0.1) is 23.1 Å². The lowest BCUT2D eigenvalue weighted by molar-refractivity contribution is -0.143. The number of H-pyrrole nitrogens is 1. The van der Waals surface area contributed by atoms with E-state index in [4.69, 9.17) is 5.73 Å². The number of phenolic OH excluding ortho intramolecular Hbond substituents is 1. The molecular weight excluding hydrogens is 534 g/mol. The zero-order valence-corrected chi connectivity index (χ0v) is 23.6. The highest BCUT2D eigenvalue weighted by Gasteiger charge is 2.38. The van der Waals surface area contributed by atoms with E-state index >= 15 is 0 Å². The van der Waals surface area contributed by atoms with Crippen molar-refractivity contribution >= 4 is 28.8 Å². The maximum Gasteiger partial charge on any atom is 0.303 e. The molecule has 1 aromatic heterocycles. The molecule has 2 heterocycles. The summed E-state index contributed by atoms with van der Waals surface area (Å²) >= 11 is 0. The lowest BCUT2D eigenvalue weighted by atomic mass is 9.91. The van der Waals surface area contributed by atoms with Gasteiger partial charge in [-0.25, -0.2) is 4.98 Å². The monoisotopic (exact) mass is 569 g/mol. The van der Waals surface area contributed by atoms with Crippen LogP contribution in [0.3, 0.4) is 0 Å². The van der Waals surface area contributed by atoms with Gasteiger partial charge in [0.25, 0.3) is 0 Å². The molecule has 5 rings (SSSR count). The van der Waals surface area contributed by atoms with E-state index in [1.54, 1.807) is 12.1 Å². The first-order valence-corrected chi connectivity index (χ1v) is 14.0. The molecule has 0 radical (unpaired) electrons. The number of rotatable bonds is 9. The summed E-state index contributed by atoms with van der Waals surface area (Å²) in [4.78, 5) is 48.6. The Hall–Kier alpha value is -4.70. The van der Waals surface area contributed by atoms with Crippen molar-refractivity contribution in [2.75, 3.05) is 0 Å². The zero-order chi connectivity index (χ0) is 30.0. The second kappa shape index (κ2) is 12.0. The minimum Gasteiger partial charge on any atom is -0.508 e. The first-order valence-electron chi connectivity index (χ1n) is 14.0. The number of aliphatic carboxylic acids is 1. The normalized spacial score (nSPS) is 16.1. The molecule has 0 aliphatic carbocycles. The minimum absolute atomic E-state index is 0.122. The van der Waals surface area contributed by atoms with Crippen LogP contribution in [0.25, 0.3) is 11.0 Å². The van der Waals surface area contributed by atoms with Gasteiger partial charge in [0.15, 0.2) is 0 Å². The fraction of sp³-hybridized carbons (Fsp3) is 0.312. The second-order valence-corrected chi connectivity index (χ2v) is 11.0. The third kappa shape index (κ3) is 6.13. The smallest absolute Gasteiger partial charge is 0.303 e. The van der Waals surface area contributed by atoms with Crippen LogP contribution in [0.1, 0.15) is 52.5 Å². The Balaban J connectivity index is 1.42. The molecule has 0 unspecified atom stereocenters. The number of aromatic amines is 1. The highest BCUT2D eigenvalue weighted by atomic mass is 16.4. The van der Waals surface area contributed by atoms with E-state index in [9.17, 15) is 24.6 Å². The van der Waals surface area contributed by atoms with Crippen LogP contribution in [0.5, 0.6) is 5.75 Å². The first-order chi connectivity index (χ1) is 20.1. The molecule has 42 heavy (non-hydrogen) atoms. The first kappa shape index (κ1) is 28.8. The Morgan fingerprint density at radius 1 is 1.07 bits per heavy atom. The number of aryl methyl sites for hydroxylation is 2. The summed E-state index contributed by atoms with van der Waals surface area (Å²) in [7, 11) is 0. The Morgan fingerprint density at radius 2 is 1.74 bits per heavy atom. The number of nitrogens with zero attached hydrogens (tertiary/aromatic N) is 2. The number of fused-ring (bicyclic) bond motifs is 2. The number of amides is 2. The molecule has 4 aromatic rings. The minimum atomic E-state index is -0.987. The Bertz CT molecular complexity index is 1590. The quantitative estimate of drug-likeness (QED) is 0.206. The number of carboxylic acid groups (broad SMARTS) is 1. The van der Waals surface area contributed by atoms with Crippen LogP contribution in [-0.2, 0) is 33.8 Å². The molecule has 1 aliphatic rings. The van der Waals surface area contributed by atoms with Crippen molar-refractivity contribution in [3.63, 3.8) is 0 Å². The molecule has 6 N–H and O–H groups in total. The summed E-state index contributed by atoms with van der Waals surface area (Å²) in [5.74, 6) is -1.14. The average Bonchev–Trinajstić information content (AvgIpc) is 3.40. The number of phenols is 1. The maximum absolute atomic E-state index is 13.9. The van der Waals surface area contributed by atoms with E-state index in [2.05, 4.69) is 15.3 Å². The van der Waals surface area contributed by atoms with Crippen LogP contribution in [0.2, 0.25) is 0 Å². The van der Waals surface area contributed by atoms with Gasteiger partial charge in [-0.1, -0.05) is 36.4 Å². The SMILES string of the molecule is Cc1cc(O)cc(C)c1C[C@H](N)C(=O)N1Cc2ccccc2C[C@H]1C(=O)N[C@@H](CCC(=O)O)c1nc2ccccc2[nH]1. The Labute approximate surface area is 243 Å². The predicted octanol–water partition coefficient (Wildman–Crippen LogP) is 3.43. The average molecular weight is 570 g/mol. The number of para-hydroxylation sites is 2. The largest absolute Gasteiger partial charge is 0.508 e. The van der Waals surface area contributed by atoms with Crippen molar-refractivity contribution in [3.8, 4) is 5.75 Å². The highest BCUT2D eigenvalue weighted by Crippen LogP contribution is 2.28. The number of benzene rings is 3. The van der Waals surface area contributed by atoms with Crippen LogP contribution in [0.4, 0.5) is 0 Å². The van der Waals surface area contributed by atoms with E-state index in [0.29, 0.717) is 17.8 Å². The number of aromatic nitrogens is 2. The molecule has 0 fully saturated rings. The van der Waals surface area contributed by atoms with Crippen molar-refractivity contribution in [2.24, 2.45) is 5.73 Å². The fourth-order valence-electron chi connectivity index (χ4n) is 5.75. The molecule has 10 heteroatoms. The van der Waals surface area contributed by atoms with Gasteiger partial charge >= 0.3 is 5.97 Å². The summed E-state index contributed by atoms with van der Waals surface area (Å²) in [6.45, 7) is 3.95. The number of carboxylic acids is 1. The van der Waals surface area contributed by atoms with E-state index in [-0.39, 0.29) is 37.5 Å². The molecule has 3 atom stereocenters. The lowest BCUT2D eigenvalue weighted by Gasteiger charge is -2.38. The van der Waals surface area contributed by atoms with Gasteiger partial charge in [-0.15, -0.1) is 0 Å². The van der Waals surface area contributed by atoms with Gasteiger partial charge in [-0.2, -0.15) is 0 Å². The topological polar surface area (TPSA) is 162 Å². The number of hydrogen-bond donors (Lipinski definition) is 5. The van der Waals surface area contributed by atoms with E-state index in [0.717, 1.165) is 33.3 Å². The van der Waals surface area contributed by atoms with Crippen molar-refractivity contribution in [2.45, 2.75) is 64.2 Å².